The van der Waals surface area contributed by atoms with E-state index in [4.69, 9.17) is 0 Å². The zero-order valence-corrected chi connectivity index (χ0v) is 19.7. The molecule has 0 radical (unpaired) electrons. The number of hydrogen-bond donors (Lipinski definition) is 2. The number of ketones is 1. The van der Waals surface area contributed by atoms with E-state index in [0.29, 0.717) is 22.5 Å². The van der Waals surface area contributed by atoms with E-state index in [0.717, 1.165) is 0 Å². The number of aryl methyl sites for hydroxylation is 3. The highest BCUT2D eigenvalue weighted by atomic mass is 19.3. The number of alkyl halides is 2. The van der Waals surface area contributed by atoms with Gasteiger partial charge in [-0.2, -0.15) is 0 Å². The second-order valence-electron chi connectivity index (χ2n) is 9.20. The van der Waals surface area contributed by atoms with Crippen LogP contribution in [0.5, 0.6) is 0 Å². The van der Waals surface area contributed by atoms with Gasteiger partial charge in [-0.1, -0.05) is 32.9 Å². The first-order chi connectivity index (χ1) is 15.9. The molecule has 0 spiro atoms. The topological polar surface area (TPSA) is 87.7 Å². The summed E-state index contributed by atoms with van der Waals surface area (Å²) in [4.78, 5) is 36.0. The second-order valence-corrected chi connectivity index (χ2v) is 9.20. The number of carbonyl (C=O) groups excluding carboxylic acids is 2. The number of hydrogen-bond acceptors (Lipinski definition) is 4. The van der Waals surface area contributed by atoms with E-state index in [1.807, 2.05) is 0 Å². The molecule has 0 aliphatic rings. The van der Waals surface area contributed by atoms with Crippen LogP contribution >= 0.6 is 0 Å². The fourth-order valence-corrected chi connectivity index (χ4v) is 3.43. The van der Waals surface area contributed by atoms with Crippen molar-refractivity contribution in [1.29, 1.82) is 0 Å². The molecule has 180 valence electrons. The molecule has 2 heterocycles. The van der Waals surface area contributed by atoms with Gasteiger partial charge in [0, 0.05) is 29.3 Å². The minimum absolute atomic E-state index is 0.00747. The molecule has 0 fully saturated rings. The van der Waals surface area contributed by atoms with Crippen molar-refractivity contribution in [2.75, 3.05) is 5.32 Å². The van der Waals surface area contributed by atoms with Crippen LogP contribution in [-0.4, -0.2) is 26.6 Å². The fourth-order valence-electron chi connectivity index (χ4n) is 3.43. The van der Waals surface area contributed by atoms with E-state index in [1.54, 1.807) is 52.8 Å². The van der Waals surface area contributed by atoms with Gasteiger partial charge in [-0.25, -0.2) is 18.2 Å². The summed E-state index contributed by atoms with van der Waals surface area (Å²) in [5.74, 6) is -1.26. The van der Waals surface area contributed by atoms with Gasteiger partial charge in [-0.15, -0.1) is 0 Å². The van der Waals surface area contributed by atoms with Crippen molar-refractivity contribution < 1.29 is 22.8 Å². The van der Waals surface area contributed by atoms with Gasteiger partial charge in [-0.3, -0.25) is 19.9 Å². The smallest absolute Gasteiger partial charge is 0.281 e. The molecule has 0 aliphatic carbocycles. The number of Topliss-reactive ketones (excluding diaryl/α,β-unsaturated/α-hetero) is 1. The maximum absolute atomic E-state index is 14.5. The molecule has 34 heavy (non-hydrogen) atoms. The van der Waals surface area contributed by atoms with E-state index in [2.05, 4.69) is 20.3 Å². The number of anilines is 1. The van der Waals surface area contributed by atoms with Crippen LogP contribution in [0.25, 0.3) is 11.3 Å². The Morgan fingerprint density at radius 1 is 1.18 bits per heavy atom. The lowest BCUT2D eigenvalue weighted by molar-refractivity contribution is -0.126. The molecule has 2 N–H and O–H groups in total. The van der Waals surface area contributed by atoms with Crippen LogP contribution in [0, 0.1) is 25.1 Å². The summed E-state index contributed by atoms with van der Waals surface area (Å²) in [5.41, 5.74) is 0.492. The van der Waals surface area contributed by atoms with Crippen LogP contribution in [-0.2, 0) is 11.2 Å². The molecule has 0 saturated carbocycles. The van der Waals surface area contributed by atoms with E-state index < -0.39 is 29.3 Å². The Hall–Kier alpha value is -3.49. The standard InChI is InChI=1S/C25H27F3N4O2/c1-13-7-6-8-16(19(13)26)20-14(2)30-24(31-20)32-23(34)17-11-15(12-29-21(17)22(27)28)9-10-18(33)25(3,4)5/h6-8,11-12,22H,9-10H2,1-5H3,(H2,30,31,32,34). The van der Waals surface area contributed by atoms with Gasteiger partial charge in [0.05, 0.1) is 11.3 Å². The summed E-state index contributed by atoms with van der Waals surface area (Å²) in [5, 5.41) is 2.47. The number of imidazole rings is 1. The number of pyridine rings is 1. The highest BCUT2D eigenvalue weighted by Gasteiger charge is 2.24. The van der Waals surface area contributed by atoms with Crippen molar-refractivity contribution in [3.05, 3.63) is 64.4 Å². The summed E-state index contributed by atoms with van der Waals surface area (Å²) in [7, 11) is 0. The molecule has 0 bridgehead atoms. The minimum Gasteiger partial charge on any atom is -0.328 e. The van der Waals surface area contributed by atoms with Gasteiger partial charge in [-0.05, 0) is 43.5 Å². The predicted molar refractivity (Wildman–Crippen MR) is 123 cm³/mol. The molecule has 3 rings (SSSR count). The Labute approximate surface area is 196 Å². The molecular weight excluding hydrogens is 445 g/mol. The fraction of sp³-hybridized carbons (Fsp3) is 0.360. The van der Waals surface area contributed by atoms with E-state index in [9.17, 15) is 22.8 Å². The highest BCUT2D eigenvalue weighted by molar-refractivity contribution is 6.04. The van der Waals surface area contributed by atoms with Crippen LogP contribution in [0.1, 0.15) is 66.5 Å². The Kier molecular flexibility index (Phi) is 7.24. The number of nitrogens with zero attached hydrogens (tertiary/aromatic N) is 2. The van der Waals surface area contributed by atoms with Crippen molar-refractivity contribution in [2.24, 2.45) is 5.41 Å². The predicted octanol–water partition coefficient (Wildman–Crippen LogP) is 5.97. The van der Waals surface area contributed by atoms with Gasteiger partial charge >= 0.3 is 0 Å². The first-order valence-electron chi connectivity index (χ1n) is 10.8. The third kappa shape index (κ3) is 5.52. The third-order valence-corrected chi connectivity index (χ3v) is 5.47. The molecule has 6 nitrogen and oxygen atoms in total. The minimum atomic E-state index is -2.97. The van der Waals surface area contributed by atoms with Crippen molar-refractivity contribution in [3.8, 4) is 11.3 Å². The van der Waals surface area contributed by atoms with E-state index in [-0.39, 0.29) is 35.7 Å². The average Bonchev–Trinajstić information content (AvgIpc) is 3.12. The maximum Gasteiger partial charge on any atom is 0.281 e. The zero-order chi connectivity index (χ0) is 25.2. The first-order valence-corrected chi connectivity index (χ1v) is 10.8. The van der Waals surface area contributed by atoms with Gasteiger partial charge in [0.15, 0.2) is 0 Å². The lowest BCUT2D eigenvalue weighted by Gasteiger charge is -2.16. The molecule has 9 heteroatoms. The van der Waals surface area contributed by atoms with Crippen molar-refractivity contribution in [3.63, 3.8) is 0 Å². The Bertz CT molecular complexity index is 1230. The maximum atomic E-state index is 14.5. The lowest BCUT2D eigenvalue weighted by Crippen LogP contribution is -2.21. The summed E-state index contributed by atoms with van der Waals surface area (Å²) in [6, 6.07) is 6.20. The zero-order valence-electron chi connectivity index (χ0n) is 19.7. The van der Waals surface area contributed by atoms with Crippen LogP contribution in [0.2, 0.25) is 0 Å². The van der Waals surface area contributed by atoms with Gasteiger partial charge in [0.2, 0.25) is 5.95 Å². The number of H-pyrrole nitrogens is 1. The van der Waals surface area contributed by atoms with E-state index in [1.165, 1.54) is 12.3 Å². The molecule has 0 aliphatic heterocycles. The van der Waals surface area contributed by atoms with Crippen LogP contribution < -0.4 is 5.32 Å². The van der Waals surface area contributed by atoms with Gasteiger partial charge in [0.1, 0.15) is 17.3 Å². The quantitative estimate of drug-likeness (QED) is 0.444. The van der Waals surface area contributed by atoms with Crippen LogP contribution in [0.4, 0.5) is 19.1 Å². The first kappa shape index (κ1) is 25.1. The number of carbonyl (C=O) groups is 2. The monoisotopic (exact) mass is 472 g/mol. The van der Waals surface area contributed by atoms with Crippen molar-refractivity contribution in [1.82, 2.24) is 15.0 Å². The van der Waals surface area contributed by atoms with Crippen molar-refractivity contribution >= 4 is 17.6 Å². The van der Waals surface area contributed by atoms with Crippen molar-refractivity contribution in [2.45, 2.75) is 53.9 Å². The summed E-state index contributed by atoms with van der Waals surface area (Å²) >= 11 is 0. The summed E-state index contributed by atoms with van der Waals surface area (Å²) in [6.07, 6.45) is -1.25. The Balaban J connectivity index is 1.86. The van der Waals surface area contributed by atoms with Gasteiger partial charge in [0.25, 0.3) is 12.3 Å². The number of benzene rings is 1. The highest BCUT2D eigenvalue weighted by Crippen LogP contribution is 2.28. The molecule has 3 aromatic rings. The largest absolute Gasteiger partial charge is 0.328 e. The number of aromatic nitrogens is 3. The number of nitrogens with one attached hydrogen (secondary N) is 2. The molecule has 1 aromatic carbocycles. The number of amides is 1. The second kappa shape index (κ2) is 9.79. The van der Waals surface area contributed by atoms with E-state index >= 15 is 0 Å². The molecule has 2 aromatic heterocycles. The van der Waals surface area contributed by atoms with Crippen LogP contribution in [0.3, 0.4) is 0 Å². The van der Waals surface area contributed by atoms with Crippen LogP contribution in [0.15, 0.2) is 30.5 Å². The summed E-state index contributed by atoms with van der Waals surface area (Å²) < 4.78 is 41.6. The SMILES string of the molecule is Cc1cccc(-c2nc(NC(=O)c3cc(CCC(=O)C(C)(C)C)cnc3C(F)F)[nH]c2C)c1F. The molecular formula is C25H27F3N4O2. The molecule has 0 unspecified atom stereocenters. The number of rotatable bonds is 7. The third-order valence-electron chi connectivity index (χ3n) is 5.47. The summed E-state index contributed by atoms with van der Waals surface area (Å²) in [6.45, 7) is 8.70. The molecule has 0 atom stereocenters. The van der Waals surface area contributed by atoms with Gasteiger partial charge < -0.3 is 4.98 Å². The average molecular weight is 473 g/mol. The number of halogens is 3. The number of aromatic amines is 1. The lowest BCUT2D eigenvalue weighted by atomic mass is 9.87. The Morgan fingerprint density at radius 2 is 1.88 bits per heavy atom. The molecule has 1 amide bonds. The Morgan fingerprint density at radius 3 is 2.53 bits per heavy atom. The molecule has 0 saturated heterocycles. The normalized spacial score (nSPS) is 11.7.